The first-order chi connectivity index (χ1) is 16.2. The maximum absolute atomic E-state index is 13.4. The summed E-state index contributed by atoms with van der Waals surface area (Å²) in [5.74, 6) is 0.0420. The topological polar surface area (TPSA) is 85.8 Å². The van der Waals surface area contributed by atoms with Crippen molar-refractivity contribution in [3.05, 3.63) is 53.3 Å². The average Bonchev–Trinajstić information content (AvgIpc) is 3.48. The second kappa shape index (κ2) is 12.7. The number of carbonyl (C=O) groups is 2. The van der Waals surface area contributed by atoms with Crippen LogP contribution in [0, 0.1) is 12.8 Å². The summed E-state index contributed by atoms with van der Waals surface area (Å²) in [7, 11) is 2.90. The Hall–Kier alpha value is -2.71. The van der Waals surface area contributed by atoms with Crippen molar-refractivity contribution in [2.45, 2.75) is 59.2 Å². The summed E-state index contributed by atoms with van der Waals surface area (Å²) in [5.41, 5.74) is 5.88. The third-order valence-corrected chi connectivity index (χ3v) is 7.15. The predicted octanol–water partition coefficient (Wildman–Crippen LogP) is 3.82. The normalized spacial score (nSPS) is 16.0. The Morgan fingerprint density at radius 1 is 1.29 bits per heavy atom. The number of nitrogens with one attached hydrogen (secondary N) is 1. The zero-order valence-corrected chi connectivity index (χ0v) is 22.0. The number of likely N-dealkylation sites (tertiary alicyclic amines) is 1. The molecule has 0 saturated carbocycles. The summed E-state index contributed by atoms with van der Waals surface area (Å²) in [6.07, 6.45) is 1.54. The Morgan fingerprint density at radius 2 is 1.94 bits per heavy atom. The van der Waals surface area contributed by atoms with Crippen molar-refractivity contribution in [2.24, 2.45) is 5.92 Å². The van der Waals surface area contributed by atoms with Crippen LogP contribution >= 0.6 is 11.3 Å². The van der Waals surface area contributed by atoms with Crippen LogP contribution in [0.25, 0.3) is 10.4 Å². The molecule has 1 aromatic carbocycles. The highest BCUT2D eigenvalue weighted by atomic mass is 32.1. The van der Waals surface area contributed by atoms with E-state index in [2.05, 4.69) is 29.0 Å². The van der Waals surface area contributed by atoms with Gasteiger partial charge in [0.1, 0.15) is 12.1 Å². The van der Waals surface area contributed by atoms with Gasteiger partial charge in [0.05, 0.1) is 16.1 Å². The number of aliphatic hydroxyl groups is 1. The second-order valence-electron chi connectivity index (χ2n) is 8.91. The lowest BCUT2D eigenvalue weighted by molar-refractivity contribution is -0.143. The molecule has 2 heterocycles. The molecule has 1 aromatic heterocycles. The number of carbonyl (C=O) groups excluding carboxylic acids is 2. The van der Waals surface area contributed by atoms with Crippen molar-refractivity contribution in [3.8, 4) is 10.4 Å². The predicted molar refractivity (Wildman–Crippen MR) is 138 cm³/mol. The SMILES string of the molecule is C=C(C)N(C)C(C(=O)N1CCCC1C(=O)NCc1ccc(-c2scnc2C)cc1)C(C)C.CO. The first-order valence-electron chi connectivity index (χ1n) is 11.6. The van der Waals surface area contributed by atoms with Crippen molar-refractivity contribution in [1.29, 1.82) is 0 Å². The Labute approximate surface area is 207 Å². The molecule has 1 aliphatic rings. The zero-order valence-electron chi connectivity index (χ0n) is 21.2. The molecule has 1 saturated heterocycles. The number of nitrogens with zero attached hydrogens (tertiary/aromatic N) is 3. The summed E-state index contributed by atoms with van der Waals surface area (Å²) in [6, 6.07) is 7.46. The molecule has 1 aliphatic heterocycles. The van der Waals surface area contributed by atoms with Crippen LogP contribution in [-0.2, 0) is 16.1 Å². The summed E-state index contributed by atoms with van der Waals surface area (Å²) in [4.78, 5) is 35.5. The molecule has 0 spiro atoms. The number of amides is 2. The third-order valence-electron chi connectivity index (χ3n) is 6.17. The zero-order chi connectivity index (χ0) is 25.4. The van der Waals surface area contributed by atoms with Gasteiger partial charge in [-0.15, -0.1) is 11.3 Å². The standard InChI is InChI=1S/C25H34N4O2S.CH4O/c1-16(2)22(28(6)17(3)4)25(31)29-13-7-8-21(29)24(30)26-14-19-9-11-20(12-10-19)23-18(5)27-15-32-23;1-2/h9-12,15-16,21-22H,3,7-8,13-14H2,1-2,4-6H3,(H,26,30);2H,1H3. The van der Waals surface area contributed by atoms with Gasteiger partial charge in [0.15, 0.2) is 0 Å². The molecule has 1 fully saturated rings. The number of hydrogen-bond donors (Lipinski definition) is 2. The monoisotopic (exact) mass is 486 g/mol. The number of aryl methyl sites for hydroxylation is 1. The van der Waals surface area contributed by atoms with Gasteiger partial charge in [-0.2, -0.15) is 0 Å². The quantitative estimate of drug-likeness (QED) is 0.592. The molecule has 7 nitrogen and oxygen atoms in total. The van der Waals surface area contributed by atoms with E-state index in [4.69, 9.17) is 5.11 Å². The molecule has 0 aliphatic carbocycles. The van der Waals surface area contributed by atoms with Crippen LogP contribution in [0.2, 0.25) is 0 Å². The molecule has 8 heteroatoms. The van der Waals surface area contributed by atoms with Crippen LogP contribution in [-0.4, -0.2) is 64.5 Å². The highest BCUT2D eigenvalue weighted by molar-refractivity contribution is 7.13. The molecule has 2 amide bonds. The lowest BCUT2D eigenvalue weighted by Gasteiger charge is -2.36. The molecule has 2 atom stereocenters. The summed E-state index contributed by atoms with van der Waals surface area (Å²) in [6.45, 7) is 13.0. The first-order valence-corrected chi connectivity index (χ1v) is 12.5. The van der Waals surface area contributed by atoms with E-state index in [9.17, 15) is 9.59 Å². The highest BCUT2D eigenvalue weighted by Gasteiger charge is 2.39. The summed E-state index contributed by atoms with van der Waals surface area (Å²) < 4.78 is 0. The van der Waals surface area contributed by atoms with Crippen molar-refractivity contribution in [2.75, 3.05) is 20.7 Å². The van der Waals surface area contributed by atoms with Crippen molar-refractivity contribution < 1.29 is 14.7 Å². The minimum absolute atomic E-state index is 0.00688. The van der Waals surface area contributed by atoms with E-state index in [0.29, 0.717) is 19.5 Å². The van der Waals surface area contributed by atoms with Gasteiger partial charge in [-0.1, -0.05) is 44.7 Å². The fourth-order valence-corrected chi connectivity index (χ4v) is 5.08. The van der Waals surface area contributed by atoms with Gasteiger partial charge in [0.25, 0.3) is 0 Å². The van der Waals surface area contributed by atoms with Gasteiger partial charge in [0.2, 0.25) is 11.8 Å². The first kappa shape index (κ1) is 27.5. The number of thiazole rings is 1. The van der Waals surface area contributed by atoms with Crippen molar-refractivity contribution in [1.82, 2.24) is 20.1 Å². The highest BCUT2D eigenvalue weighted by Crippen LogP contribution is 2.27. The molecule has 2 unspecified atom stereocenters. The van der Waals surface area contributed by atoms with E-state index in [1.165, 1.54) is 4.88 Å². The molecule has 186 valence electrons. The molecular formula is C26H38N4O3S. The van der Waals surface area contributed by atoms with E-state index in [0.717, 1.165) is 36.0 Å². The Kier molecular flexibility index (Phi) is 10.3. The van der Waals surface area contributed by atoms with Crippen molar-refractivity contribution in [3.63, 3.8) is 0 Å². The van der Waals surface area contributed by atoms with Crippen molar-refractivity contribution >= 4 is 23.2 Å². The molecular weight excluding hydrogens is 448 g/mol. The second-order valence-corrected chi connectivity index (χ2v) is 9.76. The van der Waals surface area contributed by atoms with Crippen LogP contribution in [0.4, 0.5) is 0 Å². The van der Waals surface area contributed by atoms with Gasteiger partial charge in [0, 0.05) is 32.9 Å². The number of aromatic nitrogens is 1. The Balaban J connectivity index is 0.00000199. The smallest absolute Gasteiger partial charge is 0.246 e. The van der Waals surface area contributed by atoms with E-state index in [1.807, 2.05) is 57.3 Å². The largest absolute Gasteiger partial charge is 0.400 e. The maximum atomic E-state index is 13.4. The fraction of sp³-hybridized carbons (Fsp3) is 0.500. The molecule has 34 heavy (non-hydrogen) atoms. The van der Waals surface area contributed by atoms with Crippen LogP contribution in [0.15, 0.2) is 42.1 Å². The van der Waals surface area contributed by atoms with Gasteiger partial charge in [-0.25, -0.2) is 4.98 Å². The number of likely N-dealkylation sites (N-methyl/N-ethyl adjacent to an activating group) is 1. The summed E-state index contributed by atoms with van der Waals surface area (Å²) >= 11 is 1.63. The minimum atomic E-state index is -0.415. The molecule has 2 aromatic rings. The van der Waals surface area contributed by atoms with E-state index < -0.39 is 6.04 Å². The maximum Gasteiger partial charge on any atom is 0.246 e. The average molecular weight is 487 g/mol. The number of allylic oxidation sites excluding steroid dienone is 1. The van der Waals surface area contributed by atoms with Gasteiger partial charge >= 0.3 is 0 Å². The molecule has 2 N–H and O–H groups in total. The van der Waals surface area contributed by atoms with Gasteiger partial charge in [-0.05, 0) is 43.7 Å². The van der Waals surface area contributed by atoms with E-state index in [-0.39, 0.29) is 23.8 Å². The molecule has 3 rings (SSSR count). The van der Waals surface area contributed by atoms with E-state index >= 15 is 0 Å². The Bertz CT molecular complexity index is 971. The molecule has 0 radical (unpaired) electrons. The number of hydrogen-bond acceptors (Lipinski definition) is 6. The van der Waals surface area contributed by atoms with Gasteiger partial charge < -0.3 is 20.2 Å². The lowest BCUT2D eigenvalue weighted by atomic mass is 10.0. The fourth-order valence-electron chi connectivity index (χ4n) is 4.27. The van der Waals surface area contributed by atoms with Crippen LogP contribution in [0.1, 0.15) is 44.9 Å². The van der Waals surface area contributed by atoms with E-state index in [1.54, 1.807) is 16.2 Å². The lowest BCUT2D eigenvalue weighted by Crippen LogP contribution is -2.54. The van der Waals surface area contributed by atoms with Crippen LogP contribution in [0.3, 0.4) is 0 Å². The Morgan fingerprint density at radius 3 is 2.47 bits per heavy atom. The van der Waals surface area contributed by atoms with Gasteiger partial charge in [-0.3, -0.25) is 9.59 Å². The number of benzene rings is 1. The van der Waals surface area contributed by atoms with Crippen LogP contribution in [0.5, 0.6) is 0 Å². The number of rotatable bonds is 8. The molecule has 0 bridgehead atoms. The minimum Gasteiger partial charge on any atom is -0.400 e. The van der Waals surface area contributed by atoms with Crippen LogP contribution < -0.4 is 5.32 Å². The third kappa shape index (κ3) is 6.45. The number of aliphatic hydroxyl groups excluding tert-OH is 1. The summed E-state index contributed by atoms with van der Waals surface area (Å²) in [5, 5.41) is 10.0.